The van der Waals surface area contributed by atoms with Gasteiger partial charge in [-0.3, -0.25) is 4.79 Å². The van der Waals surface area contributed by atoms with E-state index in [1.807, 2.05) is 13.0 Å². The molecular weight excluding hydrogens is 292 g/mol. The van der Waals surface area contributed by atoms with Crippen molar-refractivity contribution >= 4 is 39.8 Å². The van der Waals surface area contributed by atoms with Crippen molar-refractivity contribution in [2.24, 2.45) is 0 Å². The number of ketones is 1. The topological polar surface area (TPSA) is 17.1 Å². The minimum absolute atomic E-state index is 0.228. The predicted molar refractivity (Wildman–Crippen MR) is 85.6 cm³/mol. The Labute approximate surface area is 124 Å². The summed E-state index contributed by atoms with van der Waals surface area (Å²) in [6.45, 7) is 1.90. The molecule has 3 rings (SSSR count). The summed E-state index contributed by atoms with van der Waals surface area (Å²) in [5, 5.41) is 2.10. The van der Waals surface area contributed by atoms with E-state index < -0.39 is 0 Å². The van der Waals surface area contributed by atoms with Gasteiger partial charge >= 0.3 is 0 Å². The first-order valence-electron chi connectivity index (χ1n) is 6.05. The van der Waals surface area contributed by atoms with E-state index in [0.717, 1.165) is 4.88 Å². The van der Waals surface area contributed by atoms with Gasteiger partial charge in [0.15, 0.2) is 5.78 Å². The van der Waals surface area contributed by atoms with Crippen molar-refractivity contribution < 1.29 is 4.79 Å². The summed E-state index contributed by atoms with van der Waals surface area (Å²) >= 11 is 5.14. The van der Waals surface area contributed by atoms with Gasteiger partial charge in [0.05, 0.1) is 4.88 Å². The van der Waals surface area contributed by atoms with Crippen LogP contribution in [-0.2, 0) is 0 Å². The molecule has 0 aliphatic heterocycles. The van der Waals surface area contributed by atoms with Gasteiger partial charge in [0.25, 0.3) is 0 Å². The smallest absolute Gasteiger partial charge is 0.172 e. The molecule has 0 amide bonds. The van der Waals surface area contributed by atoms with Crippen LogP contribution in [0, 0.1) is 0 Å². The van der Waals surface area contributed by atoms with Crippen LogP contribution >= 0.6 is 34.0 Å². The van der Waals surface area contributed by atoms with Gasteiger partial charge in [-0.05, 0) is 35.7 Å². The summed E-state index contributed by atoms with van der Waals surface area (Å²) in [6.07, 6.45) is 0.574. The highest BCUT2D eigenvalue weighted by molar-refractivity contribution is 7.26. The van der Waals surface area contributed by atoms with Gasteiger partial charge in [-0.1, -0.05) is 13.0 Å². The Balaban J connectivity index is 1.91. The second-order valence-electron chi connectivity index (χ2n) is 4.08. The first-order chi connectivity index (χ1) is 9.28. The number of hydrogen-bond donors (Lipinski definition) is 0. The average Bonchev–Trinajstić information content (AvgIpc) is 3.14. The van der Waals surface area contributed by atoms with Crippen molar-refractivity contribution in [3.63, 3.8) is 0 Å². The molecule has 3 aromatic rings. The van der Waals surface area contributed by atoms with Gasteiger partial charge in [-0.15, -0.1) is 34.0 Å². The highest BCUT2D eigenvalue weighted by Crippen LogP contribution is 2.39. The Morgan fingerprint density at radius 2 is 1.63 bits per heavy atom. The third-order valence-corrected chi connectivity index (χ3v) is 6.29. The molecular formula is C15H12OS3. The van der Waals surface area contributed by atoms with Crippen molar-refractivity contribution in [2.75, 3.05) is 0 Å². The molecule has 0 aromatic carbocycles. The largest absolute Gasteiger partial charge is 0.293 e. The van der Waals surface area contributed by atoms with Crippen molar-refractivity contribution in [3.05, 3.63) is 46.7 Å². The molecule has 4 heteroatoms. The Morgan fingerprint density at radius 3 is 2.32 bits per heavy atom. The van der Waals surface area contributed by atoms with E-state index in [-0.39, 0.29) is 5.78 Å². The third-order valence-electron chi connectivity index (χ3n) is 2.81. The monoisotopic (exact) mass is 304 g/mol. The standard InChI is InChI=1S/C15H12OS3/c1-2-10(16)11-5-6-14(18-11)15-8-7-13(19-15)12-4-3-9-17-12/h3-9H,2H2,1H3. The van der Waals surface area contributed by atoms with E-state index in [1.165, 1.54) is 19.5 Å². The highest BCUT2D eigenvalue weighted by atomic mass is 32.1. The lowest BCUT2D eigenvalue weighted by Crippen LogP contribution is -1.90. The zero-order valence-electron chi connectivity index (χ0n) is 10.4. The van der Waals surface area contributed by atoms with Crippen molar-refractivity contribution in [1.29, 1.82) is 0 Å². The molecule has 96 valence electrons. The van der Waals surface area contributed by atoms with Crippen LogP contribution in [0.4, 0.5) is 0 Å². The lowest BCUT2D eigenvalue weighted by Gasteiger charge is -1.91. The van der Waals surface area contributed by atoms with Gasteiger partial charge < -0.3 is 0 Å². The Kier molecular flexibility index (Phi) is 3.64. The second kappa shape index (κ2) is 5.41. The quantitative estimate of drug-likeness (QED) is 0.557. The fourth-order valence-corrected chi connectivity index (χ4v) is 4.76. The number of Topliss-reactive ketones (excluding diaryl/α,β-unsaturated/α-hetero) is 1. The molecule has 0 spiro atoms. The molecule has 0 aliphatic rings. The molecule has 0 bridgehead atoms. The fraction of sp³-hybridized carbons (Fsp3) is 0.133. The van der Waals surface area contributed by atoms with Gasteiger partial charge in [-0.25, -0.2) is 0 Å². The summed E-state index contributed by atoms with van der Waals surface area (Å²) in [6, 6.07) is 12.5. The molecule has 3 aromatic heterocycles. The van der Waals surface area contributed by atoms with E-state index in [0.29, 0.717) is 6.42 Å². The minimum atomic E-state index is 0.228. The van der Waals surface area contributed by atoms with Gasteiger partial charge in [0, 0.05) is 25.9 Å². The number of thiophene rings is 3. The third kappa shape index (κ3) is 2.56. The molecule has 19 heavy (non-hydrogen) atoms. The van der Waals surface area contributed by atoms with E-state index in [4.69, 9.17) is 0 Å². The zero-order valence-corrected chi connectivity index (χ0v) is 12.8. The number of rotatable bonds is 4. The van der Waals surface area contributed by atoms with E-state index in [9.17, 15) is 4.79 Å². The van der Waals surface area contributed by atoms with Crippen LogP contribution in [0.2, 0.25) is 0 Å². The van der Waals surface area contributed by atoms with E-state index in [1.54, 1.807) is 34.0 Å². The van der Waals surface area contributed by atoms with Crippen LogP contribution in [0.3, 0.4) is 0 Å². The molecule has 0 unspecified atom stereocenters. The second-order valence-corrected chi connectivity index (χ2v) is 7.20. The first kappa shape index (κ1) is 12.8. The Hall–Kier alpha value is -1.23. The Bertz CT molecular complexity index is 689. The van der Waals surface area contributed by atoms with Gasteiger partial charge in [0.1, 0.15) is 0 Å². The van der Waals surface area contributed by atoms with Crippen LogP contribution in [0.1, 0.15) is 23.0 Å². The number of hydrogen-bond acceptors (Lipinski definition) is 4. The molecule has 1 nitrogen and oxygen atoms in total. The first-order valence-corrected chi connectivity index (χ1v) is 8.56. The molecule has 0 fully saturated rings. The lowest BCUT2D eigenvalue weighted by atomic mass is 10.2. The molecule has 0 saturated heterocycles. The summed E-state index contributed by atoms with van der Waals surface area (Å²) < 4.78 is 0. The molecule has 0 radical (unpaired) electrons. The van der Waals surface area contributed by atoms with E-state index >= 15 is 0 Å². The Morgan fingerprint density at radius 1 is 0.947 bits per heavy atom. The molecule has 0 atom stereocenters. The van der Waals surface area contributed by atoms with Crippen molar-refractivity contribution in [2.45, 2.75) is 13.3 Å². The molecule has 0 N–H and O–H groups in total. The summed E-state index contributed by atoms with van der Waals surface area (Å²) in [5.41, 5.74) is 0. The maximum absolute atomic E-state index is 11.7. The summed E-state index contributed by atoms with van der Waals surface area (Å²) in [4.78, 5) is 17.6. The predicted octanol–water partition coefficient (Wildman–Crippen LogP) is 5.80. The summed E-state index contributed by atoms with van der Waals surface area (Å²) in [5.74, 6) is 0.228. The van der Waals surface area contributed by atoms with Crippen LogP contribution in [-0.4, -0.2) is 5.78 Å². The molecule has 0 saturated carbocycles. The van der Waals surface area contributed by atoms with Crippen LogP contribution in [0.15, 0.2) is 41.8 Å². The zero-order chi connectivity index (χ0) is 13.2. The van der Waals surface area contributed by atoms with Gasteiger partial charge in [-0.2, -0.15) is 0 Å². The maximum atomic E-state index is 11.7. The SMILES string of the molecule is CCC(=O)c1ccc(-c2ccc(-c3cccs3)s2)s1. The van der Waals surface area contributed by atoms with Crippen LogP contribution in [0.5, 0.6) is 0 Å². The van der Waals surface area contributed by atoms with Gasteiger partial charge in [0.2, 0.25) is 0 Å². The molecule has 3 heterocycles. The highest BCUT2D eigenvalue weighted by Gasteiger charge is 2.11. The molecule has 0 aliphatic carbocycles. The van der Waals surface area contributed by atoms with Crippen LogP contribution in [0.25, 0.3) is 19.5 Å². The lowest BCUT2D eigenvalue weighted by molar-refractivity contribution is 0.0992. The van der Waals surface area contributed by atoms with E-state index in [2.05, 4.69) is 35.7 Å². The van der Waals surface area contributed by atoms with Crippen molar-refractivity contribution in [3.8, 4) is 19.5 Å². The normalized spacial score (nSPS) is 10.8. The average molecular weight is 304 g/mol. The van der Waals surface area contributed by atoms with Crippen LogP contribution < -0.4 is 0 Å². The maximum Gasteiger partial charge on any atom is 0.172 e. The fourth-order valence-electron chi connectivity index (χ4n) is 1.82. The van der Waals surface area contributed by atoms with Crippen molar-refractivity contribution in [1.82, 2.24) is 0 Å². The number of carbonyl (C=O) groups excluding carboxylic acids is 1. The number of carbonyl (C=O) groups is 1. The summed E-state index contributed by atoms with van der Waals surface area (Å²) in [7, 11) is 0. The minimum Gasteiger partial charge on any atom is -0.293 e.